The molecule has 1 aromatic carbocycles. The maximum atomic E-state index is 12.1. The molecule has 0 spiro atoms. The lowest BCUT2D eigenvalue weighted by Crippen LogP contribution is -2.20. The summed E-state index contributed by atoms with van der Waals surface area (Å²) in [5.41, 5.74) is -0.389. The molecule has 3 nitrogen and oxygen atoms in total. The van der Waals surface area contributed by atoms with Crippen molar-refractivity contribution in [3.8, 4) is 0 Å². The Morgan fingerprint density at radius 3 is 1.94 bits per heavy atom. The van der Waals surface area contributed by atoms with Crippen molar-refractivity contribution in [2.24, 2.45) is 0 Å². The number of alkyl halides is 3. The number of aliphatic hydroxyl groups is 1. The lowest BCUT2D eigenvalue weighted by molar-refractivity contribution is -0.206. The zero-order valence-electron chi connectivity index (χ0n) is 8.19. The van der Waals surface area contributed by atoms with Crippen molar-refractivity contribution in [2.75, 3.05) is 6.26 Å². The van der Waals surface area contributed by atoms with Gasteiger partial charge in [0, 0.05) is 6.26 Å². The molecule has 1 unspecified atom stereocenters. The third kappa shape index (κ3) is 2.96. The van der Waals surface area contributed by atoms with Gasteiger partial charge in [-0.1, -0.05) is 12.1 Å². The van der Waals surface area contributed by atoms with Gasteiger partial charge in [-0.05, 0) is 17.7 Å². The van der Waals surface area contributed by atoms with Crippen molar-refractivity contribution in [1.82, 2.24) is 0 Å². The zero-order chi connectivity index (χ0) is 12.6. The third-order valence-corrected chi connectivity index (χ3v) is 3.06. The molecule has 0 saturated heterocycles. The summed E-state index contributed by atoms with van der Waals surface area (Å²) in [6.45, 7) is 0. The summed E-state index contributed by atoms with van der Waals surface area (Å²) in [4.78, 5) is -0.0920. The quantitative estimate of drug-likeness (QED) is 0.873. The lowest BCUT2D eigenvalue weighted by atomic mass is 10.1. The Labute approximate surface area is 90.4 Å². The summed E-state index contributed by atoms with van der Waals surface area (Å²) in [6.07, 6.45) is -6.41. The van der Waals surface area contributed by atoms with E-state index in [9.17, 15) is 21.6 Å². The van der Waals surface area contributed by atoms with Crippen molar-refractivity contribution in [3.63, 3.8) is 0 Å². The first kappa shape index (κ1) is 13.0. The summed E-state index contributed by atoms with van der Waals surface area (Å²) in [5.74, 6) is 0. The Hall–Kier alpha value is -1.08. The normalized spacial score (nSPS) is 14.8. The van der Waals surface area contributed by atoms with Crippen LogP contribution in [0, 0.1) is 0 Å². The highest BCUT2D eigenvalue weighted by Gasteiger charge is 2.39. The number of halogens is 3. The minimum Gasteiger partial charge on any atom is -0.379 e. The van der Waals surface area contributed by atoms with Gasteiger partial charge in [0.15, 0.2) is 15.9 Å². The molecular formula is C9H9F3O3S. The molecular weight excluding hydrogens is 245 g/mol. The average molecular weight is 254 g/mol. The van der Waals surface area contributed by atoms with Crippen LogP contribution in [0.1, 0.15) is 11.7 Å². The third-order valence-electron chi connectivity index (χ3n) is 1.93. The predicted octanol–water partition coefficient (Wildman–Crippen LogP) is 1.69. The van der Waals surface area contributed by atoms with Gasteiger partial charge >= 0.3 is 6.18 Å². The van der Waals surface area contributed by atoms with E-state index in [4.69, 9.17) is 5.11 Å². The van der Waals surface area contributed by atoms with Crippen LogP contribution in [-0.2, 0) is 9.84 Å². The molecule has 90 valence electrons. The first-order valence-electron chi connectivity index (χ1n) is 4.17. The predicted molar refractivity (Wildman–Crippen MR) is 50.6 cm³/mol. The van der Waals surface area contributed by atoms with Crippen molar-refractivity contribution < 1.29 is 26.7 Å². The number of hydrogen-bond donors (Lipinski definition) is 1. The molecule has 16 heavy (non-hydrogen) atoms. The Bertz CT molecular complexity index is 462. The van der Waals surface area contributed by atoms with E-state index in [1.807, 2.05) is 0 Å². The smallest absolute Gasteiger partial charge is 0.379 e. The molecule has 1 aromatic rings. The monoisotopic (exact) mass is 254 g/mol. The van der Waals surface area contributed by atoms with Gasteiger partial charge in [0.05, 0.1) is 4.90 Å². The molecule has 0 radical (unpaired) electrons. The molecule has 0 aliphatic rings. The minimum absolute atomic E-state index is 0.0920. The first-order valence-corrected chi connectivity index (χ1v) is 6.06. The maximum absolute atomic E-state index is 12.1. The van der Waals surface area contributed by atoms with Crippen LogP contribution in [0.25, 0.3) is 0 Å². The standard InChI is InChI=1S/C9H9F3O3S/c1-16(14,15)7-4-2-6(3-5-7)8(13)9(10,11)12/h2-5,8,13H,1H3. The second kappa shape index (κ2) is 4.06. The molecule has 1 rings (SSSR count). The van der Waals surface area contributed by atoms with Gasteiger partial charge in [0.1, 0.15) is 0 Å². The maximum Gasteiger partial charge on any atom is 0.418 e. The van der Waals surface area contributed by atoms with Crippen LogP contribution in [0.5, 0.6) is 0 Å². The van der Waals surface area contributed by atoms with Gasteiger partial charge in [0.25, 0.3) is 0 Å². The minimum atomic E-state index is -4.76. The summed E-state index contributed by atoms with van der Waals surface area (Å²) in [7, 11) is -3.44. The molecule has 0 bridgehead atoms. The molecule has 0 aromatic heterocycles. The Balaban J connectivity index is 3.05. The van der Waals surface area contributed by atoms with Crippen molar-refractivity contribution in [2.45, 2.75) is 17.2 Å². The summed E-state index contributed by atoms with van der Waals surface area (Å²) in [5, 5.41) is 8.88. The topological polar surface area (TPSA) is 54.4 Å². The van der Waals surface area contributed by atoms with E-state index < -0.39 is 22.1 Å². The van der Waals surface area contributed by atoms with E-state index in [0.717, 1.165) is 30.5 Å². The summed E-state index contributed by atoms with van der Waals surface area (Å²) < 4.78 is 58.4. The Morgan fingerprint density at radius 2 is 1.62 bits per heavy atom. The largest absolute Gasteiger partial charge is 0.418 e. The molecule has 1 atom stereocenters. The fourth-order valence-electron chi connectivity index (χ4n) is 1.09. The first-order chi connectivity index (χ1) is 7.12. The second-order valence-electron chi connectivity index (χ2n) is 3.29. The number of aliphatic hydroxyl groups excluding tert-OH is 1. The average Bonchev–Trinajstić information content (AvgIpc) is 2.14. The van der Waals surface area contributed by atoms with E-state index in [1.54, 1.807) is 0 Å². The number of hydrogen-bond acceptors (Lipinski definition) is 3. The molecule has 0 aliphatic heterocycles. The van der Waals surface area contributed by atoms with Crippen LogP contribution < -0.4 is 0 Å². The molecule has 1 N–H and O–H groups in total. The van der Waals surface area contributed by atoms with Gasteiger partial charge in [-0.2, -0.15) is 13.2 Å². The molecule has 0 fully saturated rings. The molecule has 7 heteroatoms. The van der Waals surface area contributed by atoms with E-state index in [0.29, 0.717) is 0 Å². The highest BCUT2D eigenvalue weighted by atomic mass is 32.2. The van der Waals surface area contributed by atoms with Crippen molar-refractivity contribution in [1.29, 1.82) is 0 Å². The van der Waals surface area contributed by atoms with Crippen molar-refractivity contribution in [3.05, 3.63) is 29.8 Å². The molecule has 0 saturated carbocycles. The molecule has 0 amide bonds. The summed E-state index contributed by atoms with van der Waals surface area (Å²) in [6, 6.07) is 3.93. The van der Waals surface area contributed by atoms with Gasteiger partial charge in [-0.25, -0.2) is 8.42 Å². The number of sulfone groups is 1. The highest BCUT2D eigenvalue weighted by molar-refractivity contribution is 7.90. The van der Waals surface area contributed by atoms with Crippen LogP contribution in [0.15, 0.2) is 29.2 Å². The Morgan fingerprint density at radius 1 is 1.19 bits per heavy atom. The number of rotatable bonds is 2. The number of benzene rings is 1. The van der Waals surface area contributed by atoms with Crippen molar-refractivity contribution >= 4 is 9.84 Å². The highest BCUT2D eigenvalue weighted by Crippen LogP contribution is 2.32. The van der Waals surface area contributed by atoms with E-state index in [2.05, 4.69) is 0 Å². The van der Waals surface area contributed by atoms with Gasteiger partial charge < -0.3 is 5.11 Å². The van der Waals surface area contributed by atoms with Crippen LogP contribution in [-0.4, -0.2) is 26.0 Å². The SMILES string of the molecule is CS(=O)(=O)c1ccc(C(O)C(F)(F)F)cc1. The van der Waals surface area contributed by atoms with Crippen LogP contribution >= 0.6 is 0 Å². The van der Waals surface area contributed by atoms with E-state index in [1.165, 1.54) is 0 Å². The van der Waals surface area contributed by atoms with E-state index in [-0.39, 0.29) is 10.5 Å². The fraction of sp³-hybridized carbons (Fsp3) is 0.333. The lowest BCUT2D eigenvalue weighted by Gasteiger charge is -2.14. The van der Waals surface area contributed by atoms with Crippen LogP contribution in [0.4, 0.5) is 13.2 Å². The van der Waals surface area contributed by atoms with Gasteiger partial charge in [-0.3, -0.25) is 0 Å². The van der Waals surface area contributed by atoms with Gasteiger partial charge in [0.2, 0.25) is 0 Å². The Kier molecular flexibility index (Phi) is 3.30. The second-order valence-corrected chi connectivity index (χ2v) is 5.30. The molecule has 0 heterocycles. The van der Waals surface area contributed by atoms with Gasteiger partial charge in [-0.15, -0.1) is 0 Å². The molecule has 0 aliphatic carbocycles. The van der Waals surface area contributed by atoms with Crippen LogP contribution in [0.2, 0.25) is 0 Å². The summed E-state index contributed by atoms with van der Waals surface area (Å²) >= 11 is 0. The zero-order valence-corrected chi connectivity index (χ0v) is 9.01. The van der Waals surface area contributed by atoms with E-state index >= 15 is 0 Å². The van der Waals surface area contributed by atoms with Crippen LogP contribution in [0.3, 0.4) is 0 Å². The fourth-order valence-corrected chi connectivity index (χ4v) is 1.72.